The van der Waals surface area contributed by atoms with Gasteiger partial charge in [-0.2, -0.15) is 0 Å². The number of amides is 2. The molecule has 0 aromatic carbocycles. The molecule has 0 aliphatic carbocycles. The van der Waals surface area contributed by atoms with Gasteiger partial charge in [0.1, 0.15) is 0 Å². The smallest absolute Gasteiger partial charge is 0.404 e. The van der Waals surface area contributed by atoms with Gasteiger partial charge < -0.3 is 20.8 Å². The zero-order chi connectivity index (χ0) is 9.56. The van der Waals surface area contributed by atoms with Crippen molar-refractivity contribution in [3.8, 4) is 0 Å². The number of carbonyl (C=O) groups is 2. The molecule has 0 rings (SSSR count). The second-order valence-corrected chi connectivity index (χ2v) is 2.37. The Hall–Kier alpha value is -1.46. The molecule has 0 bridgehead atoms. The maximum absolute atomic E-state index is 10.1. The summed E-state index contributed by atoms with van der Waals surface area (Å²) in [6.45, 7) is 1.91. The Morgan fingerprint density at radius 1 is 1.33 bits per heavy atom. The second-order valence-electron chi connectivity index (χ2n) is 2.37. The monoisotopic (exact) mass is 176 g/mol. The van der Waals surface area contributed by atoms with Crippen molar-refractivity contribution in [1.82, 2.24) is 10.6 Å². The normalized spacial score (nSPS) is 11.8. The van der Waals surface area contributed by atoms with Crippen LogP contribution in [0, 0.1) is 0 Å². The third kappa shape index (κ3) is 6.66. The quantitative estimate of drug-likeness (QED) is 0.495. The van der Waals surface area contributed by atoms with E-state index in [1.807, 2.05) is 0 Å². The van der Waals surface area contributed by atoms with E-state index in [9.17, 15) is 9.59 Å². The van der Waals surface area contributed by atoms with E-state index in [1.165, 1.54) is 0 Å². The maximum Gasteiger partial charge on any atom is 0.404 e. The fourth-order valence-corrected chi connectivity index (χ4v) is 0.679. The van der Waals surface area contributed by atoms with Crippen LogP contribution in [0.4, 0.5) is 9.59 Å². The van der Waals surface area contributed by atoms with Crippen LogP contribution in [0.2, 0.25) is 0 Å². The predicted octanol–water partition coefficient (Wildman–Crippen LogP) is 0.300. The van der Waals surface area contributed by atoms with Crippen LogP contribution >= 0.6 is 0 Å². The number of carboxylic acid groups (broad SMARTS) is 2. The van der Waals surface area contributed by atoms with Gasteiger partial charge in [0.05, 0.1) is 0 Å². The molecule has 1 atom stereocenters. The summed E-state index contributed by atoms with van der Waals surface area (Å²) in [6.07, 6.45) is -1.76. The lowest BCUT2D eigenvalue weighted by atomic mass is 10.2. The standard InChI is InChI=1S/C6H12N2O4/c1-4(8-6(11)12)2-3-7-5(9)10/h4,7-8H,2-3H2,1H3,(H,9,10)(H,11,12). The molecule has 0 aliphatic heterocycles. The van der Waals surface area contributed by atoms with Gasteiger partial charge in [-0.1, -0.05) is 0 Å². The molecule has 0 saturated carbocycles. The van der Waals surface area contributed by atoms with Crippen molar-refractivity contribution in [2.45, 2.75) is 19.4 Å². The molecule has 0 spiro atoms. The van der Waals surface area contributed by atoms with Gasteiger partial charge in [0.25, 0.3) is 0 Å². The van der Waals surface area contributed by atoms with Gasteiger partial charge in [-0.05, 0) is 13.3 Å². The first kappa shape index (κ1) is 10.5. The molecule has 0 aromatic rings. The first-order valence-corrected chi connectivity index (χ1v) is 3.48. The fraction of sp³-hybridized carbons (Fsp3) is 0.667. The molecule has 4 N–H and O–H groups in total. The highest BCUT2D eigenvalue weighted by atomic mass is 16.4. The summed E-state index contributed by atoms with van der Waals surface area (Å²) < 4.78 is 0. The number of nitrogens with one attached hydrogen (secondary N) is 2. The van der Waals surface area contributed by atoms with Gasteiger partial charge in [0.2, 0.25) is 0 Å². The average Bonchev–Trinajstić information content (AvgIpc) is 1.84. The van der Waals surface area contributed by atoms with Gasteiger partial charge in [-0.15, -0.1) is 0 Å². The Morgan fingerprint density at radius 3 is 2.33 bits per heavy atom. The summed E-state index contributed by atoms with van der Waals surface area (Å²) in [4.78, 5) is 20.0. The van der Waals surface area contributed by atoms with Crippen LogP contribution in [0.25, 0.3) is 0 Å². The van der Waals surface area contributed by atoms with Crippen molar-refractivity contribution >= 4 is 12.2 Å². The van der Waals surface area contributed by atoms with Crippen molar-refractivity contribution in [3.63, 3.8) is 0 Å². The third-order valence-corrected chi connectivity index (χ3v) is 1.22. The van der Waals surface area contributed by atoms with Crippen molar-refractivity contribution in [2.75, 3.05) is 6.54 Å². The van der Waals surface area contributed by atoms with Crippen LogP contribution in [0.5, 0.6) is 0 Å². The van der Waals surface area contributed by atoms with Crippen LogP contribution in [0.3, 0.4) is 0 Å². The summed E-state index contributed by atoms with van der Waals surface area (Å²) in [5.74, 6) is 0. The van der Waals surface area contributed by atoms with Gasteiger partial charge >= 0.3 is 12.2 Å². The topological polar surface area (TPSA) is 98.7 Å². The van der Waals surface area contributed by atoms with E-state index in [2.05, 4.69) is 10.6 Å². The molecular formula is C6H12N2O4. The summed E-state index contributed by atoms with van der Waals surface area (Å²) in [5.41, 5.74) is 0. The minimum atomic E-state index is -1.10. The molecule has 6 heteroatoms. The molecule has 0 heterocycles. The van der Waals surface area contributed by atoms with E-state index in [0.717, 1.165) is 0 Å². The van der Waals surface area contributed by atoms with Crippen molar-refractivity contribution in [1.29, 1.82) is 0 Å². The van der Waals surface area contributed by atoms with Gasteiger partial charge in [-0.3, -0.25) is 0 Å². The maximum atomic E-state index is 10.1. The Morgan fingerprint density at radius 2 is 1.92 bits per heavy atom. The van der Waals surface area contributed by atoms with Gasteiger partial charge in [0.15, 0.2) is 0 Å². The zero-order valence-corrected chi connectivity index (χ0v) is 6.70. The van der Waals surface area contributed by atoms with Crippen molar-refractivity contribution < 1.29 is 19.8 Å². The van der Waals surface area contributed by atoms with Crippen LogP contribution in [-0.2, 0) is 0 Å². The lowest BCUT2D eigenvalue weighted by Crippen LogP contribution is -2.34. The zero-order valence-electron chi connectivity index (χ0n) is 6.70. The average molecular weight is 176 g/mol. The fourth-order valence-electron chi connectivity index (χ4n) is 0.679. The Kier molecular flexibility index (Phi) is 4.59. The highest BCUT2D eigenvalue weighted by Gasteiger charge is 2.04. The number of hydrogen-bond acceptors (Lipinski definition) is 2. The Labute approximate surface area is 69.6 Å². The lowest BCUT2D eigenvalue weighted by Gasteiger charge is -2.10. The summed E-state index contributed by atoms with van der Waals surface area (Å²) in [6, 6.07) is -0.241. The molecule has 2 amide bonds. The first-order valence-electron chi connectivity index (χ1n) is 3.48. The molecule has 1 unspecified atom stereocenters. The van der Waals surface area contributed by atoms with E-state index >= 15 is 0 Å². The molecular weight excluding hydrogens is 164 g/mol. The van der Waals surface area contributed by atoms with E-state index in [4.69, 9.17) is 10.2 Å². The lowest BCUT2D eigenvalue weighted by molar-refractivity contribution is 0.189. The molecule has 0 aliphatic rings. The highest BCUT2D eigenvalue weighted by Crippen LogP contribution is 1.87. The van der Waals surface area contributed by atoms with Gasteiger partial charge in [0, 0.05) is 12.6 Å². The molecule has 0 fully saturated rings. The minimum absolute atomic E-state index is 0.241. The third-order valence-electron chi connectivity index (χ3n) is 1.22. The predicted molar refractivity (Wildman–Crippen MR) is 41.3 cm³/mol. The molecule has 12 heavy (non-hydrogen) atoms. The van der Waals surface area contributed by atoms with Crippen LogP contribution in [-0.4, -0.2) is 35.0 Å². The van der Waals surface area contributed by atoms with Crippen LogP contribution < -0.4 is 10.6 Å². The van der Waals surface area contributed by atoms with Crippen LogP contribution in [0.1, 0.15) is 13.3 Å². The van der Waals surface area contributed by atoms with E-state index in [-0.39, 0.29) is 12.6 Å². The van der Waals surface area contributed by atoms with E-state index in [1.54, 1.807) is 6.92 Å². The second kappa shape index (κ2) is 5.22. The minimum Gasteiger partial charge on any atom is -0.465 e. The van der Waals surface area contributed by atoms with E-state index < -0.39 is 12.2 Å². The first-order chi connectivity index (χ1) is 5.52. The molecule has 0 saturated heterocycles. The van der Waals surface area contributed by atoms with Crippen molar-refractivity contribution in [3.05, 3.63) is 0 Å². The summed E-state index contributed by atoms with van der Waals surface area (Å²) in [7, 11) is 0. The summed E-state index contributed by atoms with van der Waals surface area (Å²) >= 11 is 0. The molecule has 0 radical (unpaired) electrons. The molecule has 70 valence electrons. The number of hydrogen-bond donors (Lipinski definition) is 4. The van der Waals surface area contributed by atoms with Crippen LogP contribution in [0.15, 0.2) is 0 Å². The number of rotatable bonds is 4. The van der Waals surface area contributed by atoms with Crippen molar-refractivity contribution in [2.24, 2.45) is 0 Å². The van der Waals surface area contributed by atoms with Gasteiger partial charge in [-0.25, -0.2) is 9.59 Å². The Balaban J connectivity index is 3.37. The Bertz CT molecular complexity index is 171. The highest BCUT2D eigenvalue weighted by molar-refractivity contribution is 5.65. The largest absolute Gasteiger partial charge is 0.465 e. The molecule has 6 nitrogen and oxygen atoms in total. The molecule has 0 aromatic heterocycles. The van der Waals surface area contributed by atoms with E-state index in [0.29, 0.717) is 6.42 Å². The summed E-state index contributed by atoms with van der Waals surface area (Å²) in [5, 5.41) is 20.7. The SMILES string of the molecule is CC(CCNC(=O)O)NC(=O)O.